The van der Waals surface area contributed by atoms with Crippen molar-refractivity contribution in [3.8, 4) is 0 Å². The van der Waals surface area contributed by atoms with Crippen molar-refractivity contribution in [1.82, 2.24) is 9.97 Å². The van der Waals surface area contributed by atoms with Crippen molar-refractivity contribution in [2.45, 2.75) is 13.3 Å². The summed E-state index contributed by atoms with van der Waals surface area (Å²) in [5.74, 6) is 0. The fourth-order valence-electron chi connectivity index (χ4n) is 1.53. The number of aromatic nitrogens is 2. The van der Waals surface area contributed by atoms with E-state index in [0.29, 0.717) is 17.1 Å². The summed E-state index contributed by atoms with van der Waals surface area (Å²) in [6, 6.07) is 7.90. The molecule has 0 spiro atoms. The summed E-state index contributed by atoms with van der Waals surface area (Å²) in [5, 5.41) is 0.420. The van der Waals surface area contributed by atoms with E-state index in [0.717, 1.165) is 10.4 Å². The van der Waals surface area contributed by atoms with Crippen LogP contribution in [-0.2, 0) is 6.42 Å². The molecule has 2 aromatic rings. The summed E-state index contributed by atoms with van der Waals surface area (Å²) in [7, 11) is 0. The second kappa shape index (κ2) is 5.42. The third kappa shape index (κ3) is 3.03. The highest BCUT2D eigenvalue weighted by atomic mass is 35.5. The number of nitrogens with one attached hydrogen (secondary N) is 1. The van der Waals surface area contributed by atoms with E-state index >= 15 is 0 Å². The highest BCUT2D eigenvalue weighted by Gasteiger charge is 2.08. The first kappa shape index (κ1) is 12.9. The number of H-pyrrole nitrogens is 1. The number of benzene rings is 1. The van der Waals surface area contributed by atoms with Gasteiger partial charge in [-0.15, -0.1) is 0 Å². The van der Waals surface area contributed by atoms with Gasteiger partial charge < -0.3 is 4.98 Å². The van der Waals surface area contributed by atoms with E-state index in [2.05, 4.69) is 9.97 Å². The summed E-state index contributed by atoms with van der Waals surface area (Å²) in [6.07, 6.45) is 1.82. The van der Waals surface area contributed by atoms with Crippen LogP contribution < -0.4 is 5.69 Å². The molecule has 0 saturated heterocycles. The average molecular weight is 279 g/mol. The molecule has 1 aromatic heterocycles. The third-order valence-electron chi connectivity index (χ3n) is 2.54. The maximum Gasteiger partial charge on any atom is 0.345 e. The monoisotopic (exact) mass is 278 g/mol. The number of aromatic amines is 1. The van der Waals surface area contributed by atoms with Crippen LogP contribution in [0.15, 0.2) is 35.3 Å². The zero-order valence-corrected chi connectivity index (χ0v) is 11.3. The van der Waals surface area contributed by atoms with Crippen LogP contribution in [0.3, 0.4) is 0 Å². The molecule has 0 aliphatic heterocycles. The van der Waals surface area contributed by atoms with Gasteiger partial charge in [0, 0.05) is 17.5 Å². The number of nitrogens with zero attached hydrogens (tertiary/aromatic N) is 1. The molecule has 0 amide bonds. The Morgan fingerprint density at radius 1 is 1.39 bits per heavy atom. The molecule has 0 radical (unpaired) electrons. The van der Waals surface area contributed by atoms with E-state index < -0.39 is 5.69 Å². The van der Waals surface area contributed by atoms with E-state index in [-0.39, 0.29) is 0 Å². The number of rotatable bonds is 3. The molecule has 1 N–H and O–H groups in total. The summed E-state index contributed by atoms with van der Waals surface area (Å²) in [6.45, 7) is 2.02. The van der Waals surface area contributed by atoms with E-state index in [1.807, 2.05) is 31.2 Å². The molecule has 0 atom stereocenters. The van der Waals surface area contributed by atoms with Crippen molar-refractivity contribution in [2.24, 2.45) is 0 Å². The molecule has 0 aliphatic carbocycles. The van der Waals surface area contributed by atoms with Gasteiger partial charge in [-0.05, 0) is 12.5 Å². The Bertz CT molecular complexity index is 634. The van der Waals surface area contributed by atoms with Gasteiger partial charge in [0.25, 0.3) is 0 Å². The Labute approximate surface area is 115 Å². The van der Waals surface area contributed by atoms with E-state index in [1.165, 1.54) is 11.8 Å². The number of hydrogen-bond acceptors (Lipinski definition) is 3. The van der Waals surface area contributed by atoms with Crippen molar-refractivity contribution in [3.05, 3.63) is 62.8 Å². The van der Waals surface area contributed by atoms with Crippen LogP contribution in [0.2, 0.25) is 5.02 Å². The number of hydrogen-bond donors (Lipinski definition) is 1. The normalized spacial score (nSPS) is 10.3. The summed E-state index contributed by atoms with van der Waals surface area (Å²) in [4.78, 5) is 18.1. The highest BCUT2D eigenvalue weighted by molar-refractivity contribution is 7.80. The minimum Gasteiger partial charge on any atom is -0.311 e. The molecule has 92 valence electrons. The predicted octanol–water partition coefficient (Wildman–Crippen LogP) is 2.69. The molecule has 0 fully saturated rings. The maximum absolute atomic E-state index is 11.1. The molecule has 3 nitrogen and oxygen atoms in total. The summed E-state index contributed by atoms with van der Waals surface area (Å²) in [5.41, 5.74) is 2.22. The lowest BCUT2D eigenvalue weighted by Gasteiger charge is -2.05. The Morgan fingerprint density at radius 3 is 2.72 bits per heavy atom. The zero-order chi connectivity index (χ0) is 13.1. The molecule has 1 aromatic carbocycles. The van der Waals surface area contributed by atoms with Gasteiger partial charge in [-0.2, -0.15) is 4.98 Å². The molecular weight excluding hydrogens is 268 g/mol. The molecular formula is C13H11ClN2OS. The molecule has 0 unspecified atom stereocenters. The van der Waals surface area contributed by atoms with Gasteiger partial charge in [-0.25, -0.2) is 4.79 Å². The highest BCUT2D eigenvalue weighted by Crippen LogP contribution is 2.14. The second-order valence-electron chi connectivity index (χ2n) is 3.97. The van der Waals surface area contributed by atoms with E-state index in [1.54, 1.807) is 0 Å². The number of aryl methyl sites for hydroxylation is 1. The Balaban J connectivity index is 2.23. The number of thiocarbonyl (C=S) groups is 1. The first-order valence-corrected chi connectivity index (χ1v) is 6.19. The van der Waals surface area contributed by atoms with Gasteiger partial charge >= 0.3 is 5.69 Å². The Kier molecular flexibility index (Phi) is 3.89. The van der Waals surface area contributed by atoms with Crippen LogP contribution in [0, 0.1) is 6.92 Å². The lowest BCUT2D eigenvalue weighted by molar-refractivity contribution is 1.01. The predicted molar refractivity (Wildman–Crippen MR) is 76.5 cm³/mol. The van der Waals surface area contributed by atoms with Gasteiger partial charge in [0.2, 0.25) is 0 Å². The van der Waals surface area contributed by atoms with Crippen molar-refractivity contribution in [1.29, 1.82) is 0 Å². The van der Waals surface area contributed by atoms with Gasteiger partial charge in [0.1, 0.15) is 0 Å². The largest absolute Gasteiger partial charge is 0.345 e. The molecule has 2 rings (SSSR count). The minimum atomic E-state index is -0.416. The van der Waals surface area contributed by atoms with E-state index in [9.17, 15) is 4.79 Å². The van der Waals surface area contributed by atoms with E-state index in [4.69, 9.17) is 23.8 Å². The van der Waals surface area contributed by atoms with Crippen LogP contribution >= 0.6 is 23.8 Å². The summed E-state index contributed by atoms with van der Waals surface area (Å²) < 4.78 is 0. The minimum absolute atomic E-state index is 0.390. The van der Waals surface area contributed by atoms with Crippen molar-refractivity contribution < 1.29 is 0 Å². The first-order valence-electron chi connectivity index (χ1n) is 5.40. The molecule has 5 heteroatoms. The van der Waals surface area contributed by atoms with Crippen molar-refractivity contribution in [3.63, 3.8) is 0 Å². The van der Waals surface area contributed by atoms with Gasteiger partial charge in [0.15, 0.2) is 0 Å². The molecule has 1 heterocycles. The Morgan fingerprint density at radius 2 is 2.06 bits per heavy atom. The van der Waals surface area contributed by atoms with Crippen LogP contribution in [0.25, 0.3) is 0 Å². The third-order valence-corrected chi connectivity index (χ3v) is 3.24. The van der Waals surface area contributed by atoms with Crippen LogP contribution in [0.5, 0.6) is 0 Å². The summed E-state index contributed by atoms with van der Waals surface area (Å²) >= 11 is 11.3. The van der Waals surface area contributed by atoms with Gasteiger partial charge in [-0.1, -0.05) is 53.6 Å². The fourth-order valence-corrected chi connectivity index (χ4v) is 1.97. The molecule has 0 aliphatic rings. The van der Waals surface area contributed by atoms with Crippen LogP contribution in [0.4, 0.5) is 0 Å². The van der Waals surface area contributed by atoms with Crippen LogP contribution in [-0.4, -0.2) is 14.8 Å². The fraction of sp³-hybridized carbons (Fsp3) is 0.154. The molecule has 0 saturated carbocycles. The standard InChI is InChI=1S/C13H11ClN2OS/c1-8-2-4-9(5-3-8)12(18)6-11-10(14)7-15-13(17)16-11/h2-5,7H,6H2,1H3,(H,15,16,17). The second-order valence-corrected chi connectivity index (χ2v) is 4.87. The van der Waals surface area contributed by atoms with Crippen molar-refractivity contribution >= 4 is 28.7 Å². The quantitative estimate of drug-likeness (QED) is 0.694. The molecule has 18 heavy (non-hydrogen) atoms. The van der Waals surface area contributed by atoms with Crippen molar-refractivity contribution in [2.75, 3.05) is 0 Å². The first-order chi connectivity index (χ1) is 8.56. The SMILES string of the molecule is Cc1ccc(C(=S)Cc2nc(=O)[nH]cc2Cl)cc1. The van der Waals surface area contributed by atoms with Gasteiger partial charge in [0.05, 0.1) is 10.7 Å². The Hall–Kier alpha value is -1.52. The lowest BCUT2D eigenvalue weighted by Crippen LogP contribution is -2.15. The average Bonchev–Trinajstić information content (AvgIpc) is 2.34. The maximum atomic E-state index is 11.1. The molecule has 0 bridgehead atoms. The number of halogens is 1. The van der Waals surface area contributed by atoms with Crippen LogP contribution in [0.1, 0.15) is 16.8 Å². The smallest absolute Gasteiger partial charge is 0.311 e. The van der Waals surface area contributed by atoms with Gasteiger partial charge in [-0.3, -0.25) is 0 Å². The zero-order valence-electron chi connectivity index (χ0n) is 9.74. The lowest BCUT2D eigenvalue weighted by atomic mass is 10.1. The topological polar surface area (TPSA) is 45.8 Å².